The Morgan fingerprint density at radius 3 is 1.81 bits per heavy atom. The summed E-state index contributed by atoms with van der Waals surface area (Å²) in [6.45, 7) is 0. The van der Waals surface area contributed by atoms with Crippen LogP contribution >= 0.6 is 0 Å². The van der Waals surface area contributed by atoms with Crippen LogP contribution in [0.5, 0.6) is 0 Å². The van der Waals surface area contributed by atoms with E-state index >= 15 is 0 Å². The number of fused-ring (bicyclic) bond motifs is 3. The van der Waals surface area contributed by atoms with Crippen LogP contribution in [0, 0.1) is 0 Å². The van der Waals surface area contributed by atoms with Gasteiger partial charge < -0.3 is 4.42 Å². The minimum atomic E-state index is -0.417. The van der Waals surface area contributed by atoms with Gasteiger partial charge in [0.2, 0.25) is 0 Å². The van der Waals surface area contributed by atoms with Crippen molar-refractivity contribution in [1.82, 2.24) is 9.97 Å². The topological polar surface area (TPSA) is 38.9 Å². The van der Waals surface area contributed by atoms with Crippen molar-refractivity contribution in [3.05, 3.63) is 133 Å². The Kier molecular flexibility index (Phi) is 3.99. The minimum Gasteiger partial charge on any atom is -0.456 e. The highest BCUT2D eigenvalue weighted by Crippen LogP contribution is 2.35. The number of hydrogen-bond donors (Lipinski definition) is 0. The molecule has 0 bridgehead atoms. The zero-order valence-electron chi connectivity index (χ0n) is 24.6. The van der Waals surface area contributed by atoms with E-state index in [1.165, 1.54) is 0 Å². The molecule has 0 unspecified atom stereocenters. The number of hydrogen-bond acceptors (Lipinski definition) is 3. The number of rotatable bonds is 4. The number of nitrogens with zero attached hydrogens (tertiary/aromatic N) is 2. The first-order valence-corrected chi connectivity index (χ1v) is 11.9. The molecule has 7 rings (SSSR count). The molecular formula is C34H22N2O. The van der Waals surface area contributed by atoms with Crippen LogP contribution < -0.4 is 0 Å². The van der Waals surface area contributed by atoms with E-state index in [-0.39, 0.29) is 29.7 Å². The Balaban J connectivity index is 1.38. The molecule has 0 saturated carbocycles. The lowest BCUT2D eigenvalue weighted by atomic mass is 10.0. The molecule has 3 heteroatoms. The van der Waals surface area contributed by atoms with Crippen molar-refractivity contribution in [2.24, 2.45) is 0 Å². The Bertz CT molecular complexity index is 2060. The van der Waals surface area contributed by atoms with Crippen LogP contribution in [0.25, 0.3) is 67.0 Å². The van der Waals surface area contributed by atoms with E-state index in [4.69, 9.17) is 21.2 Å². The van der Waals surface area contributed by atoms with Crippen LogP contribution in [-0.2, 0) is 0 Å². The maximum Gasteiger partial charge on any atom is 0.160 e. The van der Waals surface area contributed by atoms with E-state index < -0.39 is 6.04 Å². The molecule has 0 aliphatic heterocycles. The van der Waals surface area contributed by atoms with Gasteiger partial charge in [0.15, 0.2) is 5.82 Å². The van der Waals surface area contributed by atoms with Crippen molar-refractivity contribution in [2.45, 2.75) is 0 Å². The fourth-order valence-electron chi connectivity index (χ4n) is 4.56. The normalized spacial score (nSPS) is 13.1. The highest BCUT2D eigenvalue weighted by atomic mass is 16.3. The third kappa shape index (κ3) is 3.97. The highest BCUT2D eigenvalue weighted by molar-refractivity contribution is 6.07. The van der Waals surface area contributed by atoms with Gasteiger partial charge in [0.1, 0.15) is 11.2 Å². The quantitative estimate of drug-likeness (QED) is 0.253. The summed E-state index contributed by atoms with van der Waals surface area (Å²) in [6.07, 6.45) is 0. The van der Waals surface area contributed by atoms with Gasteiger partial charge in [-0.2, -0.15) is 0 Å². The van der Waals surface area contributed by atoms with Crippen LogP contribution in [0.3, 0.4) is 0 Å². The summed E-state index contributed by atoms with van der Waals surface area (Å²) in [5.74, 6) is 0.585. The van der Waals surface area contributed by atoms with E-state index in [1.54, 1.807) is 12.1 Å². The SMILES string of the molecule is [2H]c1c([2H])c([2H])c(-c2ccc3c(c2)oc2ccc(-c4nc(-c5ccccc5)cc(-c5ccccc5)n4)cc23)c([2H])c1[2H]. The van der Waals surface area contributed by atoms with Crippen molar-refractivity contribution in [1.29, 1.82) is 0 Å². The zero-order chi connectivity index (χ0) is 29.0. The van der Waals surface area contributed by atoms with Gasteiger partial charge in [-0.3, -0.25) is 0 Å². The third-order valence-electron chi connectivity index (χ3n) is 6.38. The second-order valence-electron chi connectivity index (χ2n) is 8.72. The minimum absolute atomic E-state index is 0.142. The van der Waals surface area contributed by atoms with Gasteiger partial charge in [-0.15, -0.1) is 0 Å². The molecule has 2 heterocycles. The fourth-order valence-corrected chi connectivity index (χ4v) is 4.56. The van der Waals surface area contributed by atoms with Crippen molar-refractivity contribution >= 4 is 21.9 Å². The van der Waals surface area contributed by atoms with E-state index in [1.807, 2.05) is 91.0 Å². The number of benzene rings is 5. The standard InChI is InChI=1S/C34H22N2O/c1-4-10-23(11-5-1)26-16-18-28-29-20-27(17-19-32(29)37-33(28)21-26)34-35-30(24-12-6-2-7-13-24)22-31(36-34)25-14-8-3-9-15-25/h1-22H/i1D,4D,5D,10D,11D. The first kappa shape index (κ1) is 16.6. The highest BCUT2D eigenvalue weighted by Gasteiger charge is 2.14. The molecule has 0 atom stereocenters. The lowest BCUT2D eigenvalue weighted by Crippen LogP contribution is -1.95. The summed E-state index contributed by atoms with van der Waals surface area (Å²) in [6, 6.07) is 31.5. The molecule has 0 fully saturated rings. The smallest absolute Gasteiger partial charge is 0.160 e. The van der Waals surface area contributed by atoms with Gasteiger partial charge >= 0.3 is 0 Å². The van der Waals surface area contributed by atoms with Crippen molar-refractivity contribution < 1.29 is 11.3 Å². The number of aromatic nitrogens is 2. The Morgan fingerprint density at radius 1 is 0.486 bits per heavy atom. The van der Waals surface area contributed by atoms with Gasteiger partial charge in [-0.1, -0.05) is 96.9 Å². The monoisotopic (exact) mass is 479 g/mol. The Hall–Kier alpha value is -5.02. The summed E-state index contributed by atoms with van der Waals surface area (Å²) in [4.78, 5) is 9.87. The third-order valence-corrected chi connectivity index (χ3v) is 6.38. The van der Waals surface area contributed by atoms with Gasteiger partial charge in [0.05, 0.1) is 18.2 Å². The second kappa shape index (κ2) is 8.89. The molecule has 0 saturated heterocycles. The van der Waals surface area contributed by atoms with E-state index in [0.29, 0.717) is 22.6 Å². The fraction of sp³-hybridized carbons (Fsp3) is 0. The Labute approximate surface area is 221 Å². The van der Waals surface area contributed by atoms with Gasteiger partial charge in [0, 0.05) is 27.5 Å². The lowest BCUT2D eigenvalue weighted by molar-refractivity contribution is 0.669. The van der Waals surface area contributed by atoms with Crippen LogP contribution in [0.15, 0.2) is 138 Å². The lowest BCUT2D eigenvalue weighted by Gasteiger charge is -2.09. The molecule has 0 aliphatic carbocycles. The molecule has 7 aromatic rings. The van der Waals surface area contributed by atoms with Crippen LogP contribution in [-0.4, -0.2) is 9.97 Å². The largest absolute Gasteiger partial charge is 0.456 e. The van der Waals surface area contributed by atoms with Crippen molar-refractivity contribution in [2.75, 3.05) is 0 Å². The molecule has 0 spiro atoms. The molecule has 174 valence electrons. The summed E-state index contributed by atoms with van der Waals surface area (Å²) >= 11 is 0. The average Bonchev–Trinajstić information content (AvgIpc) is 3.41. The summed E-state index contributed by atoms with van der Waals surface area (Å²) < 4.78 is 46.8. The molecule has 37 heavy (non-hydrogen) atoms. The molecule has 0 radical (unpaired) electrons. The molecule has 0 N–H and O–H groups in total. The first-order chi connectivity index (χ1) is 20.4. The molecule has 0 amide bonds. The number of furan rings is 1. The van der Waals surface area contributed by atoms with Gasteiger partial charge in [-0.05, 0) is 47.5 Å². The first-order valence-electron chi connectivity index (χ1n) is 14.4. The van der Waals surface area contributed by atoms with Gasteiger partial charge in [0.25, 0.3) is 0 Å². The summed E-state index contributed by atoms with van der Waals surface area (Å²) in [5.41, 5.74) is 6.30. The predicted octanol–water partition coefficient (Wildman–Crippen LogP) is 9.04. The molecule has 0 aliphatic rings. The predicted molar refractivity (Wildman–Crippen MR) is 151 cm³/mol. The maximum atomic E-state index is 8.35. The van der Waals surface area contributed by atoms with E-state index in [9.17, 15) is 0 Å². The van der Waals surface area contributed by atoms with Crippen molar-refractivity contribution in [3.63, 3.8) is 0 Å². The van der Waals surface area contributed by atoms with Crippen molar-refractivity contribution in [3.8, 4) is 45.0 Å². The van der Waals surface area contributed by atoms with E-state index in [0.717, 1.165) is 38.9 Å². The van der Waals surface area contributed by atoms with E-state index in [2.05, 4.69) is 0 Å². The van der Waals surface area contributed by atoms with Crippen LogP contribution in [0.1, 0.15) is 6.85 Å². The average molecular weight is 480 g/mol. The van der Waals surface area contributed by atoms with Crippen LogP contribution in [0.4, 0.5) is 0 Å². The molecule has 2 aromatic heterocycles. The Morgan fingerprint density at radius 2 is 1.14 bits per heavy atom. The summed E-state index contributed by atoms with van der Waals surface area (Å²) in [5, 5.41) is 1.70. The maximum absolute atomic E-state index is 8.35. The van der Waals surface area contributed by atoms with Crippen LogP contribution in [0.2, 0.25) is 0 Å². The summed E-state index contributed by atoms with van der Waals surface area (Å²) in [7, 11) is 0. The van der Waals surface area contributed by atoms with Gasteiger partial charge in [-0.25, -0.2) is 9.97 Å². The second-order valence-corrected chi connectivity index (χ2v) is 8.72. The molecule has 3 nitrogen and oxygen atoms in total. The molecular weight excluding hydrogens is 452 g/mol. The zero-order valence-corrected chi connectivity index (χ0v) is 19.6. The molecule has 5 aromatic carbocycles.